The average Bonchev–Trinajstić information content (AvgIpc) is 3.25. The van der Waals surface area contributed by atoms with E-state index in [1.807, 2.05) is 42.5 Å². The quantitative estimate of drug-likeness (QED) is 0.492. The second-order valence-electron chi connectivity index (χ2n) is 7.12. The number of benzene rings is 3. The number of para-hydroxylation sites is 2. The lowest BCUT2D eigenvalue weighted by molar-refractivity contribution is 0.471. The van der Waals surface area contributed by atoms with Crippen LogP contribution in [0.1, 0.15) is 29.5 Å². The molecule has 4 rings (SSSR count). The van der Waals surface area contributed by atoms with Crippen LogP contribution in [-0.2, 0) is 6.42 Å². The van der Waals surface area contributed by atoms with E-state index in [9.17, 15) is 5.11 Å². The third-order valence-electron chi connectivity index (χ3n) is 5.07. The summed E-state index contributed by atoms with van der Waals surface area (Å²) in [7, 11) is 0. The molecule has 1 fully saturated rings. The van der Waals surface area contributed by atoms with Crippen LogP contribution >= 0.6 is 15.9 Å². The molecule has 1 aliphatic heterocycles. The molecule has 1 aliphatic rings. The number of phenolic OH excluding ortho intramolecular Hbond substituents is 1. The first kappa shape index (κ1) is 18.8. The number of halogens is 1. The number of aromatic hydroxyl groups is 1. The normalized spacial score (nSPS) is 14.1. The zero-order valence-corrected chi connectivity index (χ0v) is 17.3. The Kier molecular flexibility index (Phi) is 5.77. The van der Waals surface area contributed by atoms with Gasteiger partial charge in [-0.05, 0) is 70.6 Å². The molecule has 0 amide bonds. The van der Waals surface area contributed by atoms with E-state index in [0.717, 1.165) is 42.0 Å². The van der Waals surface area contributed by atoms with E-state index in [2.05, 4.69) is 45.1 Å². The number of nitrogens with zero attached hydrogens (tertiary/aromatic N) is 2. The summed E-state index contributed by atoms with van der Waals surface area (Å²) in [5.74, 6) is 0.221. The van der Waals surface area contributed by atoms with Crippen molar-refractivity contribution in [2.45, 2.75) is 19.3 Å². The van der Waals surface area contributed by atoms with Crippen LogP contribution in [0, 0.1) is 0 Å². The summed E-state index contributed by atoms with van der Waals surface area (Å²) in [6, 6.07) is 22.5. The first-order valence-corrected chi connectivity index (χ1v) is 10.4. The molecular formula is C24H23BrN2O. The summed E-state index contributed by atoms with van der Waals surface area (Å²) in [6.45, 7) is 2.16. The number of aliphatic imine (C=N–C) groups is 1. The summed E-state index contributed by atoms with van der Waals surface area (Å²) in [5, 5.41) is 10.5. The summed E-state index contributed by atoms with van der Waals surface area (Å²) < 4.78 is 0.690. The number of hydrogen-bond acceptors (Lipinski definition) is 3. The molecule has 142 valence electrons. The third kappa shape index (κ3) is 4.28. The molecule has 0 spiro atoms. The average molecular weight is 435 g/mol. The fraction of sp³-hybridized carbons (Fsp3) is 0.208. The Morgan fingerprint density at radius 3 is 2.43 bits per heavy atom. The molecular weight excluding hydrogens is 412 g/mol. The first-order chi connectivity index (χ1) is 13.7. The molecule has 1 heterocycles. The van der Waals surface area contributed by atoms with Crippen molar-refractivity contribution in [1.82, 2.24) is 0 Å². The molecule has 1 N–H and O–H groups in total. The maximum atomic E-state index is 10.5. The maximum Gasteiger partial charge on any atom is 0.138 e. The summed E-state index contributed by atoms with van der Waals surface area (Å²) in [4.78, 5) is 7.11. The SMILES string of the molecule is Oc1c(Br)cc(Cc2ccccc2)cc1C=Nc1ccccc1N1CCCC1. The van der Waals surface area contributed by atoms with Crippen molar-refractivity contribution in [2.75, 3.05) is 18.0 Å². The van der Waals surface area contributed by atoms with Crippen LogP contribution in [0.3, 0.4) is 0 Å². The molecule has 0 unspecified atom stereocenters. The Morgan fingerprint density at radius 1 is 0.929 bits per heavy atom. The van der Waals surface area contributed by atoms with Crippen LogP contribution < -0.4 is 4.90 Å². The predicted molar refractivity (Wildman–Crippen MR) is 120 cm³/mol. The Hall–Kier alpha value is -2.59. The van der Waals surface area contributed by atoms with Gasteiger partial charge in [0.25, 0.3) is 0 Å². The first-order valence-electron chi connectivity index (χ1n) is 9.64. The van der Waals surface area contributed by atoms with E-state index >= 15 is 0 Å². The van der Waals surface area contributed by atoms with Crippen molar-refractivity contribution >= 4 is 33.5 Å². The summed E-state index contributed by atoms with van der Waals surface area (Å²) in [5.41, 5.74) is 5.19. The van der Waals surface area contributed by atoms with Gasteiger partial charge >= 0.3 is 0 Å². The lowest BCUT2D eigenvalue weighted by Crippen LogP contribution is -2.17. The van der Waals surface area contributed by atoms with Gasteiger partial charge in [0.05, 0.1) is 15.8 Å². The van der Waals surface area contributed by atoms with Crippen LogP contribution in [0.4, 0.5) is 11.4 Å². The highest BCUT2D eigenvalue weighted by Gasteiger charge is 2.15. The van der Waals surface area contributed by atoms with Gasteiger partial charge in [0, 0.05) is 24.9 Å². The molecule has 0 saturated carbocycles. The lowest BCUT2D eigenvalue weighted by Gasteiger charge is -2.19. The largest absolute Gasteiger partial charge is 0.506 e. The molecule has 0 aromatic heterocycles. The van der Waals surface area contributed by atoms with E-state index in [0.29, 0.717) is 4.47 Å². The Morgan fingerprint density at radius 2 is 1.64 bits per heavy atom. The molecule has 0 bridgehead atoms. The fourth-order valence-corrected chi connectivity index (χ4v) is 4.17. The Labute approximate surface area is 174 Å². The molecule has 4 heteroatoms. The zero-order chi connectivity index (χ0) is 19.3. The van der Waals surface area contributed by atoms with Crippen LogP contribution in [-0.4, -0.2) is 24.4 Å². The van der Waals surface area contributed by atoms with E-state index in [1.165, 1.54) is 18.4 Å². The second kappa shape index (κ2) is 8.61. The molecule has 0 radical (unpaired) electrons. The van der Waals surface area contributed by atoms with Crippen molar-refractivity contribution < 1.29 is 5.11 Å². The van der Waals surface area contributed by atoms with Gasteiger partial charge in [-0.25, -0.2) is 0 Å². The Bertz CT molecular complexity index is 979. The monoisotopic (exact) mass is 434 g/mol. The number of anilines is 1. The van der Waals surface area contributed by atoms with Crippen LogP contribution in [0.5, 0.6) is 5.75 Å². The van der Waals surface area contributed by atoms with Crippen molar-refractivity contribution in [1.29, 1.82) is 0 Å². The van der Waals surface area contributed by atoms with Gasteiger partial charge in [-0.15, -0.1) is 0 Å². The summed E-state index contributed by atoms with van der Waals surface area (Å²) >= 11 is 3.48. The van der Waals surface area contributed by atoms with Gasteiger partial charge in [0.1, 0.15) is 5.75 Å². The van der Waals surface area contributed by atoms with Gasteiger partial charge in [-0.2, -0.15) is 0 Å². The third-order valence-corrected chi connectivity index (χ3v) is 5.68. The minimum Gasteiger partial charge on any atom is -0.506 e. The summed E-state index contributed by atoms with van der Waals surface area (Å²) in [6.07, 6.45) is 5.04. The Balaban J connectivity index is 1.63. The molecule has 0 atom stereocenters. The van der Waals surface area contributed by atoms with Crippen molar-refractivity contribution in [2.24, 2.45) is 4.99 Å². The minimum absolute atomic E-state index is 0.221. The van der Waals surface area contributed by atoms with E-state index in [-0.39, 0.29) is 5.75 Å². The highest BCUT2D eigenvalue weighted by molar-refractivity contribution is 9.10. The van der Waals surface area contributed by atoms with Crippen molar-refractivity contribution in [3.05, 3.63) is 87.9 Å². The van der Waals surface area contributed by atoms with E-state index in [1.54, 1.807) is 6.21 Å². The predicted octanol–water partition coefficient (Wildman–Crippen LogP) is 6.10. The molecule has 1 saturated heterocycles. The van der Waals surface area contributed by atoms with Gasteiger partial charge in [0.2, 0.25) is 0 Å². The molecule has 28 heavy (non-hydrogen) atoms. The maximum absolute atomic E-state index is 10.5. The van der Waals surface area contributed by atoms with Gasteiger partial charge in [-0.1, -0.05) is 42.5 Å². The lowest BCUT2D eigenvalue weighted by atomic mass is 10.0. The highest BCUT2D eigenvalue weighted by atomic mass is 79.9. The van der Waals surface area contributed by atoms with Gasteiger partial charge in [0.15, 0.2) is 0 Å². The highest BCUT2D eigenvalue weighted by Crippen LogP contribution is 2.33. The van der Waals surface area contributed by atoms with Crippen molar-refractivity contribution in [3.63, 3.8) is 0 Å². The second-order valence-corrected chi connectivity index (χ2v) is 7.97. The topological polar surface area (TPSA) is 35.8 Å². The van der Waals surface area contributed by atoms with Crippen LogP contribution in [0.25, 0.3) is 0 Å². The number of hydrogen-bond donors (Lipinski definition) is 1. The number of rotatable bonds is 5. The van der Waals surface area contributed by atoms with Crippen LogP contribution in [0.15, 0.2) is 76.2 Å². The van der Waals surface area contributed by atoms with Gasteiger partial charge in [-0.3, -0.25) is 4.99 Å². The van der Waals surface area contributed by atoms with E-state index in [4.69, 9.17) is 4.99 Å². The molecule has 3 nitrogen and oxygen atoms in total. The van der Waals surface area contributed by atoms with Crippen LogP contribution in [0.2, 0.25) is 0 Å². The van der Waals surface area contributed by atoms with Crippen molar-refractivity contribution in [3.8, 4) is 5.75 Å². The van der Waals surface area contributed by atoms with E-state index < -0.39 is 0 Å². The van der Waals surface area contributed by atoms with Gasteiger partial charge < -0.3 is 10.0 Å². The zero-order valence-electron chi connectivity index (χ0n) is 15.7. The number of phenols is 1. The minimum atomic E-state index is 0.221. The molecule has 0 aliphatic carbocycles. The fourth-order valence-electron chi connectivity index (χ4n) is 3.65. The smallest absolute Gasteiger partial charge is 0.138 e. The standard InChI is InChI=1S/C24H23BrN2O/c25-21-16-19(14-18-8-2-1-3-9-18)15-20(24(21)28)17-26-22-10-4-5-11-23(22)27-12-6-7-13-27/h1-5,8-11,15-17,28H,6-7,12-14H2. The molecule has 3 aromatic carbocycles. The molecule has 3 aromatic rings.